The molecule has 0 aromatic heterocycles. The zero-order chi connectivity index (χ0) is 11.9. The third kappa shape index (κ3) is 5.04. The van der Waals surface area contributed by atoms with Crippen molar-refractivity contribution in [3.05, 3.63) is 0 Å². The molecule has 2 rings (SSSR count). The summed E-state index contributed by atoms with van der Waals surface area (Å²) in [6, 6.07) is 0.817. The van der Waals surface area contributed by atoms with Gasteiger partial charge in [-0.05, 0) is 64.2 Å². The van der Waals surface area contributed by atoms with Gasteiger partial charge < -0.3 is 15.0 Å². The highest BCUT2D eigenvalue weighted by atomic mass is 35.5. The molecule has 0 aromatic carbocycles. The second-order valence-electron chi connectivity index (χ2n) is 5.48. The third-order valence-electron chi connectivity index (χ3n) is 4.32. The molecule has 0 aromatic rings. The van der Waals surface area contributed by atoms with Crippen molar-refractivity contribution in [2.45, 2.75) is 45.1 Å². The summed E-state index contributed by atoms with van der Waals surface area (Å²) >= 11 is 0. The molecule has 0 bridgehead atoms. The van der Waals surface area contributed by atoms with Gasteiger partial charge in [0.1, 0.15) is 0 Å². The van der Waals surface area contributed by atoms with Crippen molar-refractivity contribution >= 4 is 12.4 Å². The van der Waals surface area contributed by atoms with E-state index in [1.807, 2.05) is 0 Å². The fraction of sp³-hybridized carbons (Fsp3) is 1.00. The van der Waals surface area contributed by atoms with Crippen molar-refractivity contribution in [1.29, 1.82) is 0 Å². The Bertz CT molecular complexity index is 202. The van der Waals surface area contributed by atoms with Crippen molar-refractivity contribution in [3.8, 4) is 0 Å². The van der Waals surface area contributed by atoms with Crippen molar-refractivity contribution in [1.82, 2.24) is 10.2 Å². The standard InChI is InChI=1S/C14H28N2O.ClH/c1-2-16(10-6-13-7-11-17-12-13)14-4-3-8-15-9-5-14;/h13-15H,2-12H2,1H3;1H. The molecule has 2 fully saturated rings. The molecule has 0 saturated carbocycles. The molecule has 0 radical (unpaired) electrons. The highest BCUT2D eigenvalue weighted by molar-refractivity contribution is 5.85. The first-order valence-corrected chi connectivity index (χ1v) is 7.42. The molecule has 0 aliphatic carbocycles. The second-order valence-corrected chi connectivity index (χ2v) is 5.48. The lowest BCUT2D eigenvalue weighted by atomic mass is 10.0. The van der Waals surface area contributed by atoms with Crippen LogP contribution in [0.15, 0.2) is 0 Å². The van der Waals surface area contributed by atoms with Crippen LogP contribution in [-0.4, -0.2) is 50.3 Å². The second kappa shape index (κ2) is 9.13. The van der Waals surface area contributed by atoms with Crippen LogP contribution in [0.2, 0.25) is 0 Å². The van der Waals surface area contributed by atoms with Crippen LogP contribution in [0.4, 0.5) is 0 Å². The maximum Gasteiger partial charge on any atom is 0.0495 e. The first-order valence-electron chi connectivity index (χ1n) is 7.42. The summed E-state index contributed by atoms with van der Waals surface area (Å²) in [5, 5.41) is 3.51. The first kappa shape index (κ1) is 16.2. The maximum absolute atomic E-state index is 5.46. The van der Waals surface area contributed by atoms with Crippen LogP contribution < -0.4 is 5.32 Å². The Kier molecular flexibility index (Phi) is 8.23. The Morgan fingerprint density at radius 3 is 2.83 bits per heavy atom. The van der Waals surface area contributed by atoms with E-state index in [1.165, 1.54) is 58.3 Å². The van der Waals surface area contributed by atoms with Gasteiger partial charge in [0.2, 0.25) is 0 Å². The summed E-state index contributed by atoms with van der Waals surface area (Å²) in [6.45, 7) is 9.20. The van der Waals surface area contributed by atoms with Gasteiger partial charge in [-0.2, -0.15) is 0 Å². The minimum Gasteiger partial charge on any atom is -0.381 e. The van der Waals surface area contributed by atoms with E-state index in [0.717, 1.165) is 25.2 Å². The Balaban J connectivity index is 0.00000162. The molecule has 3 nitrogen and oxygen atoms in total. The molecule has 1 N–H and O–H groups in total. The van der Waals surface area contributed by atoms with E-state index in [4.69, 9.17) is 4.74 Å². The summed E-state index contributed by atoms with van der Waals surface area (Å²) in [4.78, 5) is 2.70. The van der Waals surface area contributed by atoms with Gasteiger partial charge in [-0.25, -0.2) is 0 Å². The van der Waals surface area contributed by atoms with Crippen LogP contribution >= 0.6 is 12.4 Å². The predicted molar refractivity (Wildman–Crippen MR) is 78.5 cm³/mol. The quantitative estimate of drug-likeness (QED) is 0.834. The molecule has 0 amide bonds. The van der Waals surface area contributed by atoms with Crippen LogP contribution in [0.1, 0.15) is 39.0 Å². The number of nitrogens with zero attached hydrogens (tertiary/aromatic N) is 1. The molecule has 2 atom stereocenters. The molecule has 108 valence electrons. The highest BCUT2D eigenvalue weighted by Crippen LogP contribution is 2.19. The molecular formula is C14H29ClN2O. The summed E-state index contributed by atoms with van der Waals surface area (Å²) in [5.74, 6) is 0.827. The lowest BCUT2D eigenvalue weighted by molar-refractivity contribution is 0.160. The van der Waals surface area contributed by atoms with E-state index in [-0.39, 0.29) is 12.4 Å². The van der Waals surface area contributed by atoms with E-state index in [0.29, 0.717) is 0 Å². The Labute approximate surface area is 118 Å². The Morgan fingerprint density at radius 2 is 2.11 bits per heavy atom. The van der Waals surface area contributed by atoms with E-state index < -0.39 is 0 Å². The molecule has 2 aliphatic rings. The van der Waals surface area contributed by atoms with Crippen molar-refractivity contribution in [3.63, 3.8) is 0 Å². The van der Waals surface area contributed by atoms with Crippen molar-refractivity contribution in [2.24, 2.45) is 5.92 Å². The minimum atomic E-state index is 0. The smallest absolute Gasteiger partial charge is 0.0495 e. The Morgan fingerprint density at radius 1 is 1.22 bits per heavy atom. The van der Waals surface area contributed by atoms with E-state index in [1.54, 1.807) is 0 Å². The molecule has 2 unspecified atom stereocenters. The van der Waals surface area contributed by atoms with Crippen molar-refractivity contribution < 1.29 is 4.74 Å². The number of ether oxygens (including phenoxy) is 1. The maximum atomic E-state index is 5.46. The number of nitrogens with one attached hydrogen (secondary N) is 1. The van der Waals surface area contributed by atoms with Gasteiger partial charge in [0.15, 0.2) is 0 Å². The molecule has 4 heteroatoms. The Hall–Kier alpha value is 0.170. The fourth-order valence-corrected chi connectivity index (χ4v) is 3.12. The summed E-state index contributed by atoms with van der Waals surface area (Å²) in [5.41, 5.74) is 0. The number of halogens is 1. The highest BCUT2D eigenvalue weighted by Gasteiger charge is 2.21. The summed E-state index contributed by atoms with van der Waals surface area (Å²) in [6.07, 6.45) is 6.66. The lowest BCUT2D eigenvalue weighted by Gasteiger charge is -2.30. The SMILES string of the molecule is CCN(CCC1CCOC1)C1CCCNCC1.Cl. The zero-order valence-electron chi connectivity index (χ0n) is 11.7. The lowest BCUT2D eigenvalue weighted by Crippen LogP contribution is -2.37. The van der Waals surface area contributed by atoms with Gasteiger partial charge in [0, 0.05) is 19.3 Å². The largest absolute Gasteiger partial charge is 0.381 e. The van der Waals surface area contributed by atoms with Crippen molar-refractivity contribution in [2.75, 3.05) is 39.4 Å². The summed E-state index contributed by atoms with van der Waals surface area (Å²) < 4.78 is 5.46. The van der Waals surface area contributed by atoms with E-state index in [9.17, 15) is 0 Å². The van der Waals surface area contributed by atoms with Crippen LogP contribution in [-0.2, 0) is 4.74 Å². The van der Waals surface area contributed by atoms with Gasteiger partial charge >= 0.3 is 0 Å². The third-order valence-corrected chi connectivity index (χ3v) is 4.32. The van der Waals surface area contributed by atoms with Crippen LogP contribution in [0.3, 0.4) is 0 Å². The fourth-order valence-electron chi connectivity index (χ4n) is 3.12. The summed E-state index contributed by atoms with van der Waals surface area (Å²) in [7, 11) is 0. The molecule has 2 heterocycles. The molecule has 2 saturated heterocycles. The molecule has 0 spiro atoms. The van der Waals surface area contributed by atoms with E-state index in [2.05, 4.69) is 17.1 Å². The minimum absolute atomic E-state index is 0. The monoisotopic (exact) mass is 276 g/mol. The van der Waals surface area contributed by atoms with Crippen LogP contribution in [0.5, 0.6) is 0 Å². The average molecular weight is 277 g/mol. The molecule has 18 heavy (non-hydrogen) atoms. The van der Waals surface area contributed by atoms with Gasteiger partial charge in [-0.3, -0.25) is 0 Å². The molecule has 2 aliphatic heterocycles. The van der Waals surface area contributed by atoms with Crippen LogP contribution in [0, 0.1) is 5.92 Å². The normalized spacial score (nSPS) is 29.0. The zero-order valence-corrected chi connectivity index (χ0v) is 12.5. The molecular weight excluding hydrogens is 248 g/mol. The number of hydrogen-bond acceptors (Lipinski definition) is 3. The van der Waals surface area contributed by atoms with Crippen LogP contribution in [0.25, 0.3) is 0 Å². The van der Waals surface area contributed by atoms with E-state index >= 15 is 0 Å². The topological polar surface area (TPSA) is 24.5 Å². The van der Waals surface area contributed by atoms with Gasteiger partial charge in [-0.1, -0.05) is 6.92 Å². The first-order chi connectivity index (χ1) is 8.40. The van der Waals surface area contributed by atoms with Gasteiger partial charge in [0.05, 0.1) is 0 Å². The van der Waals surface area contributed by atoms with Gasteiger partial charge in [-0.15, -0.1) is 12.4 Å². The average Bonchev–Trinajstić information content (AvgIpc) is 2.72. The number of rotatable bonds is 5. The van der Waals surface area contributed by atoms with Gasteiger partial charge in [0.25, 0.3) is 0 Å². The predicted octanol–water partition coefficient (Wildman–Crippen LogP) is 2.30. The number of hydrogen-bond donors (Lipinski definition) is 1.